The number of methoxy groups -OCH3 is 2. The van der Waals surface area contributed by atoms with Crippen LogP contribution in [0.15, 0.2) is 5.16 Å². The van der Waals surface area contributed by atoms with Gasteiger partial charge in [0.25, 0.3) is 0 Å². The maximum absolute atomic E-state index is 14.4. The first-order chi connectivity index (χ1) is 28.4. The molecule has 3 saturated heterocycles. The van der Waals surface area contributed by atoms with E-state index in [1.165, 1.54) is 21.0 Å². The van der Waals surface area contributed by atoms with Gasteiger partial charge in [-0.15, -0.1) is 0 Å². The number of carbonyl (C=O) groups excluding carboxylic acids is 2. The number of ether oxygens (including phenoxy) is 9. The number of rotatable bonds is 14. The van der Waals surface area contributed by atoms with Crippen molar-refractivity contribution in [1.82, 2.24) is 4.90 Å². The summed E-state index contributed by atoms with van der Waals surface area (Å²) >= 11 is 0. The van der Waals surface area contributed by atoms with E-state index in [1.54, 1.807) is 62.5 Å². The smallest absolute Gasteiger partial charge is 0.311 e. The van der Waals surface area contributed by atoms with E-state index in [9.17, 15) is 30.0 Å². The van der Waals surface area contributed by atoms with Gasteiger partial charge >= 0.3 is 11.9 Å². The molecule has 0 aromatic heterocycles. The van der Waals surface area contributed by atoms with Crippen molar-refractivity contribution in [2.75, 3.05) is 48.3 Å². The fraction of sp³-hybridized carbons (Fsp3) is 0.930. The molecule has 1 unspecified atom stereocenters. The van der Waals surface area contributed by atoms with Gasteiger partial charge in [-0.1, -0.05) is 32.9 Å². The molecule has 18 heteroatoms. The van der Waals surface area contributed by atoms with Gasteiger partial charge in [0.2, 0.25) is 6.79 Å². The van der Waals surface area contributed by atoms with Crippen molar-refractivity contribution in [3.05, 3.63) is 0 Å². The van der Waals surface area contributed by atoms with E-state index in [0.717, 1.165) is 0 Å². The first-order valence-corrected chi connectivity index (χ1v) is 21.6. The second kappa shape index (κ2) is 22.7. The van der Waals surface area contributed by atoms with E-state index in [-0.39, 0.29) is 50.5 Å². The normalized spacial score (nSPS) is 44.0. The first-order valence-electron chi connectivity index (χ1n) is 21.6. The van der Waals surface area contributed by atoms with Crippen LogP contribution in [-0.2, 0) is 57.1 Å². The molecule has 3 heterocycles. The van der Waals surface area contributed by atoms with Crippen LogP contribution in [0.25, 0.3) is 0 Å². The fourth-order valence-corrected chi connectivity index (χ4v) is 9.24. The van der Waals surface area contributed by atoms with Crippen LogP contribution >= 0.6 is 0 Å². The van der Waals surface area contributed by atoms with E-state index in [2.05, 4.69) is 5.16 Å². The van der Waals surface area contributed by atoms with Crippen LogP contribution in [-0.4, -0.2) is 176 Å². The Morgan fingerprint density at radius 1 is 0.918 bits per heavy atom. The van der Waals surface area contributed by atoms with Crippen LogP contribution in [0.2, 0.25) is 0 Å². The Hall–Kier alpha value is -2.07. The summed E-state index contributed by atoms with van der Waals surface area (Å²) in [6.07, 6.45) is -9.58. The summed E-state index contributed by atoms with van der Waals surface area (Å²) in [7, 11) is 6.76. The minimum Gasteiger partial charge on any atom is -0.459 e. The largest absolute Gasteiger partial charge is 0.459 e. The average Bonchev–Trinajstić information content (AvgIpc) is 3.18. The molecule has 4 N–H and O–H groups in total. The summed E-state index contributed by atoms with van der Waals surface area (Å²) in [6, 6.07) is -0.324. The van der Waals surface area contributed by atoms with Gasteiger partial charge in [-0.2, -0.15) is 0 Å². The molecule has 0 spiro atoms. The molecule has 61 heavy (non-hydrogen) atoms. The molecule has 3 rings (SSSR count). The summed E-state index contributed by atoms with van der Waals surface area (Å²) in [5, 5.41) is 52.2. The zero-order valence-corrected chi connectivity index (χ0v) is 39.2. The number of nitrogens with zero attached hydrogens (tertiary/aromatic N) is 2. The van der Waals surface area contributed by atoms with Crippen LogP contribution < -0.4 is 0 Å². The second-order valence-corrected chi connectivity index (χ2v) is 18.3. The van der Waals surface area contributed by atoms with Gasteiger partial charge < -0.3 is 72.8 Å². The number of hydrogen-bond donors (Lipinski definition) is 4. The van der Waals surface area contributed by atoms with E-state index in [0.29, 0.717) is 13.0 Å². The Labute approximate surface area is 362 Å². The van der Waals surface area contributed by atoms with Gasteiger partial charge in [0, 0.05) is 45.3 Å². The Balaban J connectivity index is 2.28. The third kappa shape index (κ3) is 13.3. The monoisotopic (exact) mass is 879 g/mol. The molecular formula is C43H78N2O16. The van der Waals surface area contributed by atoms with Gasteiger partial charge in [0.15, 0.2) is 18.7 Å². The van der Waals surface area contributed by atoms with E-state index >= 15 is 0 Å². The second-order valence-electron chi connectivity index (χ2n) is 18.3. The van der Waals surface area contributed by atoms with Crippen molar-refractivity contribution < 1.29 is 77.5 Å². The third-order valence-electron chi connectivity index (χ3n) is 12.9. The molecular weight excluding hydrogens is 800 g/mol. The molecule has 0 aromatic carbocycles. The average molecular weight is 879 g/mol. The van der Waals surface area contributed by atoms with Gasteiger partial charge in [-0.05, 0) is 74.9 Å². The predicted molar refractivity (Wildman–Crippen MR) is 222 cm³/mol. The molecule has 0 aliphatic carbocycles. The van der Waals surface area contributed by atoms with E-state index < -0.39 is 108 Å². The van der Waals surface area contributed by atoms with Gasteiger partial charge in [0.05, 0.1) is 72.6 Å². The van der Waals surface area contributed by atoms with E-state index in [4.69, 9.17) is 47.5 Å². The minimum absolute atomic E-state index is 0.0563. The Kier molecular flexibility index (Phi) is 19.8. The topological polar surface area (TPSA) is 223 Å². The van der Waals surface area contributed by atoms with Crippen molar-refractivity contribution in [2.45, 2.75) is 186 Å². The number of oxime groups is 1. The number of likely N-dealkylation sites (N-methyl/N-ethyl adjacent to an activating group) is 1. The Bertz CT molecular complexity index is 1420. The van der Waals surface area contributed by atoms with Crippen LogP contribution in [0.3, 0.4) is 0 Å². The highest BCUT2D eigenvalue weighted by atomic mass is 16.7. The highest BCUT2D eigenvalue weighted by Gasteiger charge is 2.54. The zero-order valence-electron chi connectivity index (χ0n) is 39.2. The highest BCUT2D eigenvalue weighted by molar-refractivity contribution is 5.88. The van der Waals surface area contributed by atoms with Crippen molar-refractivity contribution >= 4 is 17.7 Å². The lowest BCUT2D eigenvalue weighted by Crippen LogP contribution is -2.61. The quantitative estimate of drug-likeness (QED) is 0.0853. The first kappa shape index (κ1) is 53.3. The van der Waals surface area contributed by atoms with Crippen LogP contribution in [0.1, 0.15) is 102 Å². The Morgan fingerprint density at radius 3 is 2.15 bits per heavy atom. The molecule has 0 saturated carbocycles. The molecule has 3 aliphatic heterocycles. The number of aliphatic hydroxyl groups is 4. The number of esters is 2. The molecule has 356 valence electrons. The SMILES string of the molecule is CC[C@H]1OC(=O)[C@H](C)[C@@H](O[C@H]2C[C@@](C)(OC)[C@@H](O)[C@H](C)O2)[C@H](C)[C@@H](O[C@@H]2O[C@H](C)C[C@H](N(C)C)[C@H]2OC(C)=O)[C@](C)(O)C[C@@H](C)/C(=N\OCOCCOC)[C@H](C)C(O)[C@]1(C)O. The molecule has 3 fully saturated rings. The summed E-state index contributed by atoms with van der Waals surface area (Å²) < 4.78 is 54.5. The lowest BCUT2D eigenvalue weighted by atomic mass is 9.73. The van der Waals surface area contributed by atoms with Gasteiger partial charge in [0.1, 0.15) is 17.8 Å². The lowest BCUT2D eigenvalue weighted by molar-refractivity contribution is -0.318. The maximum Gasteiger partial charge on any atom is 0.311 e. The van der Waals surface area contributed by atoms with Crippen LogP contribution in [0.5, 0.6) is 0 Å². The molecule has 3 aliphatic rings. The molecule has 18 atom stereocenters. The van der Waals surface area contributed by atoms with Crippen LogP contribution in [0.4, 0.5) is 0 Å². The van der Waals surface area contributed by atoms with Crippen molar-refractivity contribution in [3.63, 3.8) is 0 Å². The minimum atomic E-state index is -1.98. The van der Waals surface area contributed by atoms with Crippen molar-refractivity contribution in [2.24, 2.45) is 28.8 Å². The van der Waals surface area contributed by atoms with Gasteiger partial charge in [-0.25, -0.2) is 0 Å². The lowest BCUT2D eigenvalue weighted by Gasteiger charge is -2.49. The summed E-state index contributed by atoms with van der Waals surface area (Å²) in [6.45, 7) is 18.5. The highest BCUT2D eigenvalue weighted by Crippen LogP contribution is 2.41. The zero-order chi connectivity index (χ0) is 46.2. The van der Waals surface area contributed by atoms with Crippen LogP contribution in [0, 0.1) is 23.7 Å². The standard InChI is InChI=1S/C43H78N2O16/c1-16-31-43(11,51)36(47)25(4)33(44-55-22-54-18-17-52-14)23(2)20-41(9,50)38(61-40-35(58-29(8)46)30(45(12)13)19-24(3)56-40)26(5)34(27(6)39(49)59-31)60-32-21-42(10,53-15)37(48)28(7)57-32/h23-28,30-32,34-38,40,47-48,50-51H,16-22H2,1-15H3/b44-33+/t23-,24-,25+,26+,27-,28+,30+,31-,32+,34+,35-,36?,37+,38-,40+,41-,42-,43-/m1/s1. The van der Waals surface area contributed by atoms with Gasteiger partial charge in [-0.3, -0.25) is 9.59 Å². The fourth-order valence-electron chi connectivity index (χ4n) is 9.24. The number of aliphatic hydroxyl groups excluding tert-OH is 2. The third-order valence-corrected chi connectivity index (χ3v) is 12.9. The number of cyclic esters (lactones) is 1. The summed E-state index contributed by atoms with van der Waals surface area (Å²) in [5.74, 6) is -4.82. The van der Waals surface area contributed by atoms with E-state index in [1.807, 2.05) is 25.9 Å². The molecule has 18 nitrogen and oxygen atoms in total. The summed E-state index contributed by atoms with van der Waals surface area (Å²) in [4.78, 5) is 34.5. The maximum atomic E-state index is 14.4. The van der Waals surface area contributed by atoms with Crippen molar-refractivity contribution in [1.29, 1.82) is 0 Å². The molecule has 0 aromatic rings. The predicted octanol–water partition coefficient (Wildman–Crippen LogP) is 2.78. The number of hydrogen-bond acceptors (Lipinski definition) is 18. The summed E-state index contributed by atoms with van der Waals surface area (Å²) in [5.41, 5.74) is -4.59. The molecule has 0 radical (unpaired) electrons. The molecule has 0 bridgehead atoms. The number of carbonyl (C=O) groups is 2. The van der Waals surface area contributed by atoms with Crippen molar-refractivity contribution in [3.8, 4) is 0 Å². The molecule has 0 amide bonds. The Morgan fingerprint density at radius 2 is 1.57 bits per heavy atom.